The number of carbonyl (C=O) groups excluding carboxylic acids is 1. The van der Waals surface area contributed by atoms with Crippen molar-refractivity contribution in [2.75, 3.05) is 20.2 Å². The van der Waals surface area contributed by atoms with Crippen LogP contribution in [0.4, 0.5) is 0 Å². The molecule has 0 spiro atoms. The van der Waals surface area contributed by atoms with Crippen molar-refractivity contribution in [1.82, 2.24) is 9.62 Å². The molecule has 1 heterocycles. The largest absolute Gasteiger partial charge is 0.480 e. The van der Waals surface area contributed by atoms with Crippen LogP contribution in [0.1, 0.15) is 30.1 Å². The Morgan fingerprint density at radius 2 is 2.12 bits per heavy atom. The summed E-state index contributed by atoms with van der Waals surface area (Å²) in [4.78, 5) is 23.9. The number of rotatable bonds is 8. The van der Waals surface area contributed by atoms with Gasteiger partial charge in [-0.3, -0.25) is 9.69 Å². The molecule has 1 fully saturated rings. The second kappa shape index (κ2) is 7.32. The number of sulfonamides is 1. The monoisotopic (exact) mass is 360 g/mol. The van der Waals surface area contributed by atoms with E-state index in [1.54, 1.807) is 4.90 Å². The van der Waals surface area contributed by atoms with Crippen molar-refractivity contribution in [2.45, 2.75) is 36.9 Å². The molecule has 0 aromatic carbocycles. The van der Waals surface area contributed by atoms with Gasteiger partial charge in [-0.1, -0.05) is 6.92 Å². The maximum atomic E-state index is 12.2. The van der Waals surface area contributed by atoms with Gasteiger partial charge in [0.25, 0.3) is 10.0 Å². The Labute approximate surface area is 139 Å². The number of furan rings is 1. The van der Waals surface area contributed by atoms with Crippen LogP contribution in [0.2, 0.25) is 0 Å². The number of likely N-dealkylation sites (N-methyl/N-ethyl adjacent to an activating group) is 1. The lowest BCUT2D eigenvalue weighted by Crippen LogP contribution is -2.54. The SMILES string of the molecule is CCN(CC(=O)O)C1CC(NS(=O)(=O)c2cc(C(=O)OC)co2)C1. The molecule has 24 heavy (non-hydrogen) atoms. The summed E-state index contributed by atoms with van der Waals surface area (Å²) in [7, 11) is -2.69. The first kappa shape index (κ1) is 18.4. The van der Waals surface area contributed by atoms with Crippen LogP contribution in [-0.2, 0) is 19.6 Å². The molecule has 134 valence electrons. The normalized spacial score (nSPS) is 20.6. The second-order valence-corrected chi connectivity index (χ2v) is 7.19. The lowest BCUT2D eigenvalue weighted by atomic mass is 9.86. The number of esters is 1. The molecular weight excluding hydrogens is 340 g/mol. The smallest absolute Gasteiger partial charge is 0.341 e. The van der Waals surface area contributed by atoms with Gasteiger partial charge in [0.15, 0.2) is 0 Å². The quantitative estimate of drug-likeness (QED) is 0.633. The fraction of sp³-hybridized carbons (Fsp3) is 0.571. The first-order valence-electron chi connectivity index (χ1n) is 7.41. The van der Waals surface area contributed by atoms with Crippen LogP contribution in [0.3, 0.4) is 0 Å². The molecule has 0 aliphatic heterocycles. The Balaban J connectivity index is 1.93. The summed E-state index contributed by atoms with van der Waals surface area (Å²) in [5.41, 5.74) is 0.0166. The van der Waals surface area contributed by atoms with Gasteiger partial charge >= 0.3 is 11.9 Å². The summed E-state index contributed by atoms with van der Waals surface area (Å²) in [5.74, 6) is -1.59. The Hall–Kier alpha value is -1.91. The van der Waals surface area contributed by atoms with Crippen molar-refractivity contribution in [2.24, 2.45) is 0 Å². The molecule has 1 aromatic rings. The number of nitrogens with one attached hydrogen (secondary N) is 1. The molecule has 0 atom stereocenters. The van der Waals surface area contributed by atoms with Crippen LogP contribution in [0.15, 0.2) is 21.8 Å². The van der Waals surface area contributed by atoms with Gasteiger partial charge < -0.3 is 14.3 Å². The molecule has 1 aliphatic carbocycles. The minimum atomic E-state index is -3.88. The summed E-state index contributed by atoms with van der Waals surface area (Å²) in [6.07, 6.45) is 2.06. The fourth-order valence-electron chi connectivity index (χ4n) is 2.61. The van der Waals surface area contributed by atoms with E-state index in [2.05, 4.69) is 9.46 Å². The molecule has 0 bridgehead atoms. The number of hydrogen-bond donors (Lipinski definition) is 2. The first-order chi connectivity index (χ1) is 11.3. The van der Waals surface area contributed by atoms with Crippen LogP contribution in [0.25, 0.3) is 0 Å². The lowest BCUT2D eigenvalue weighted by molar-refractivity contribution is -0.139. The van der Waals surface area contributed by atoms with Crippen LogP contribution >= 0.6 is 0 Å². The van der Waals surface area contributed by atoms with E-state index >= 15 is 0 Å². The van der Waals surface area contributed by atoms with Gasteiger partial charge in [0, 0.05) is 18.2 Å². The number of carbonyl (C=O) groups is 2. The lowest BCUT2D eigenvalue weighted by Gasteiger charge is -2.41. The molecule has 1 saturated carbocycles. The first-order valence-corrected chi connectivity index (χ1v) is 8.90. The second-order valence-electron chi connectivity index (χ2n) is 5.55. The Kier molecular flexibility index (Phi) is 5.62. The van der Waals surface area contributed by atoms with Crippen molar-refractivity contribution in [3.05, 3.63) is 17.9 Å². The third-order valence-corrected chi connectivity index (χ3v) is 5.34. The third kappa shape index (κ3) is 4.13. The minimum absolute atomic E-state index is 0.0166. The third-order valence-electron chi connectivity index (χ3n) is 3.96. The summed E-state index contributed by atoms with van der Waals surface area (Å²) in [5, 5.41) is 8.49. The van der Waals surface area contributed by atoms with Crippen molar-refractivity contribution in [1.29, 1.82) is 0 Å². The summed E-state index contributed by atoms with van der Waals surface area (Å²) in [6, 6.07) is 0.836. The summed E-state index contributed by atoms with van der Waals surface area (Å²) >= 11 is 0. The standard InChI is InChI=1S/C14H20N2O7S/c1-3-16(7-12(17)18)11-5-10(6-11)15-24(20,21)13-4-9(8-23-13)14(19)22-2/h4,8,10-11,15H,3,5-7H2,1-2H3,(H,17,18). The molecule has 2 rings (SSSR count). The van der Waals surface area contributed by atoms with E-state index in [1.807, 2.05) is 6.92 Å². The van der Waals surface area contributed by atoms with Gasteiger partial charge in [-0.25, -0.2) is 17.9 Å². The highest BCUT2D eigenvalue weighted by Crippen LogP contribution is 2.27. The van der Waals surface area contributed by atoms with E-state index < -0.39 is 22.0 Å². The topological polar surface area (TPSA) is 126 Å². The molecule has 0 radical (unpaired) electrons. The molecule has 1 aliphatic rings. The minimum Gasteiger partial charge on any atom is -0.480 e. The summed E-state index contributed by atoms with van der Waals surface area (Å²) in [6.45, 7) is 2.37. The number of carboxylic acids is 1. The van der Waals surface area contributed by atoms with Gasteiger partial charge in [-0.05, 0) is 19.4 Å². The number of ether oxygens (including phenoxy) is 1. The van der Waals surface area contributed by atoms with Crippen molar-refractivity contribution in [3.63, 3.8) is 0 Å². The Morgan fingerprint density at radius 3 is 2.67 bits per heavy atom. The number of carboxylic acid groups (broad SMARTS) is 1. The number of hydrogen-bond acceptors (Lipinski definition) is 7. The zero-order chi connectivity index (χ0) is 17.9. The Bertz CT molecular complexity index is 706. The molecule has 0 saturated heterocycles. The average molecular weight is 360 g/mol. The molecule has 0 amide bonds. The van der Waals surface area contributed by atoms with Gasteiger partial charge in [0.1, 0.15) is 6.26 Å². The molecule has 2 N–H and O–H groups in total. The van der Waals surface area contributed by atoms with Crippen molar-refractivity contribution >= 4 is 22.0 Å². The highest BCUT2D eigenvalue weighted by molar-refractivity contribution is 7.89. The zero-order valence-corrected chi connectivity index (χ0v) is 14.2. The van der Waals surface area contributed by atoms with Crippen LogP contribution in [0.5, 0.6) is 0 Å². The average Bonchev–Trinajstić information content (AvgIpc) is 2.98. The highest BCUT2D eigenvalue weighted by atomic mass is 32.2. The Morgan fingerprint density at radius 1 is 1.46 bits per heavy atom. The maximum absolute atomic E-state index is 12.2. The van der Waals surface area contributed by atoms with Gasteiger partial charge in [-0.15, -0.1) is 0 Å². The highest BCUT2D eigenvalue weighted by Gasteiger charge is 2.37. The zero-order valence-electron chi connectivity index (χ0n) is 13.4. The molecule has 1 aromatic heterocycles. The van der Waals surface area contributed by atoms with Crippen molar-refractivity contribution in [3.8, 4) is 0 Å². The number of nitrogens with zero attached hydrogens (tertiary/aromatic N) is 1. The van der Waals surface area contributed by atoms with Crippen LogP contribution < -0.4 is 4.72 Å². The van der Waals surface area contributed by atoms with Crippen LogP contribution in [0, 0.1) is 0 Å². The molecule has 9 nitrogen and oxygen atoms in total. The predicted octanol–water partition coefficient (Wildman–Crippen LogP) is 0.282. The molecule has 10 heteroatoms. The summed E-state index contributed by atoms with van der Waals surface area (Å²) < 4.78 is 36.4. The van der Waals surface area contributed by atoms with E-state index in [4.69, 9.17) is 9.52 Å². The maximum Gasteiger partial charge on any atom is 0.341 e. The number of methoxy groups -OCH3 is 1. The number of aliphatic carboxylic acids is 1. The van der Waals surface area contributed by atoms with Gasteiger partial charge in [0.05, 0.1) is 19.2 Å². The van der Waals surface area contributed by atoms with E-state index in [-0.39, 0.29) is 29.3 Å². The van der Waals surface area contributed by atoms with E-state index in [0.29, 0.717) is 19.4 Å². The predicted molar refractivity (Wildman–Crippen MR) is 82.1 cm³/mol. The van der Waals surface area contributed by atoms with Crippen LogP contribution in [-0.4, -0.2) is 62.6 Å². The van der Waals surface area contributed by atoms with E-state index in [1.165, 1.54) is 7.11 Å². The van der Waals surface area contributed by atoms with E-state index in [0.717, 1.165) is 12.3 Å². The molecule has 0 unspecified atom stereocenters. The molecular formula is C14H20N2O7S. The van der Waals surface area contributed by atoms with E-state index in [9.17, 15) is 18.0 Å². The van der Waals surface area contributed by atoms with Gasteiger partial charge in [-0.2, -0.15) is 0 Å². The fourth-order valence-corrected chi connectivity index (χ4v) is 3.82. The van der Waals surface area contributed by atoms with Crippen molar-refractivity contribution < 1.29 is 32.3 Å². The van der Waals surface area contributed by atoms with Gasteiger partial charge in [0.2, 0.25) is 5.09 Å².